The zero-order valence-corrected chi connectivity index (χ0v) is 19.2. The smallest absolute Gasteiger partial charge is 0.241 e. The first-order valence-electron chi connectivity index (χ1n) is 11.4. The summed E-state index contributed by atoms with van der Waals surface area (Å²) in [6.07, 6.45) is 4.47. The molecular weight excluding hydrogens is 424 g/mol. The highest BCUT2D eigenvalue weighted by atomic mass is 32.2. The zero-order valence-electron chi connectivity index (χ0n) is 18.4. The standard InChI is InChI=1S/C24H32N4O3S/c29-24(25-22-13-16-27(18-22)17-20-7-3-1-4-8-20)19-32(30,31)26-21-9-11-23(12-10-21)28-14-5-2-6-15-28/h1,3-4,7-12,22,26H,2,5-6,13-19H2,(H,25,29). The van der Waals surface area contributed by atoms with Crippen LogP contribution in [-0.4, -0.2) is 57.2 Å². The van der Waals surface area contributed by atoms with Crippen molar-refractivity contribution in [1.29, 1.82) is 0 Å². The summed E-state index contributed by atoms with van der Waals surface area (Å²) in [6, 6.07) is 17.6. The number of sulfonamides is 1. The third-order valence-corrected chi connectivity index (χ3v) is 7.26. The minimum absolute atomic E-state index is 0.0229. The topological polar surface area (TPSA) is 81.8 Å². The highest BCUT2D eigenvalue weighted by Crippen LogP contribution is 2.22. The molecule has 32 heavy (non-hydrogen) atoms. The third kappa shape index (κ3) is 6.46. The van der Waals surface area contributed by atoms with Gasteiger partial charge in [0.2, 0.25) is 15.9 Å². The Bertz CT molecular complexity index is 990. The number of anilines is 2. The molecule has 0 bridgehead atoms. The number of hydrogen-bond donors (Lipinski definition) is 2. The van der Waals surface area contributed by atoms with E-state index in [1.807, 2.05) is 30.3 Å². The minimum Gasteiger partial charge on any atom is -0.372 e. The van der Waals surface area contributed by atoms with E-state index in [9.17, 15) is 13.2 Å². The molecule has 1 atom stereocenters. The fraction of sp³-hybridized carbons (Fsp3) is 0.458. The summed E-state index contributed by atoms with van der Waals surface area (Å²) < 4.78 is 27.5. The van der Waals surface area contributed by atoms with Crippen molar-refractivity contribution in [2.24, 2.45) is 0 Å². The largest absolute Gasteiger partial charge is 0.372 e. The highest BCUT2D eigenvalue weighted by molar-refractivity contribution is 7.93. The van der Waals surface area contributed by atoms with Gasteiger partial charge in [0.15, 0.2) is 0 Å². The molecule has 0 aliphatic carbocycles. The van der Waals surface area contributed by atoms with Gasteiger partial charge in [0.25, 0.3) is 0 Å². The van der Waals surface area contributed by atoms with Crippen molar-refractivity contribution in [1.82, 2.24) is 10.2 Å². The first-order chi connectivity index (χ1) is 15.5. The number of piperidine rings is 1. The van der Waals surface area contributed by atoms with Crippen molar-refractivity contribution in [3.8, 4) is 0 Å². The van der Waals surface area contributed by atoms with E-state index in [2.05, 4.69) is 32.0 Å². The molecule has 2 aliphatic rings. The molecule has 2 saturated heterocycles. The molecule has 2 fully saturated rings. The summed E-state index contributed by atoms with van der Waals surface area (Å²) in [5.74, 6) is -1.04. The number of rotatable bonds is 8. The van der Waals surface area contributed by atoms with Gasteiger partial charge in [0, 0.05) is 50.1 Å². The van der Waals surface area contributed by atoms with Crippen LogP contribution in [0.5, 0.6) is 0 Å². The fourth-order valence-electron chi connectivity index (χ4n) is 4.49. The maximum absolute atomic E-state index is 12.5. The average molecular weight is 457 g/mol. The Labute approximate surface area is 190 Å². The van der Waals surface area contributed by atoms with E-state index < -0.39 is 21.7 Å². The molecular formula is C24H32N4O3S. The molecule has 7 nitrogen and oxygen atoms in total. The molecule has 2 aliphatic heterocycles. The van der Waals surface area contributed by atoms with Gasteiger partial charge in [-0.2, -0.15) is 0 Å². The lowest BCUT2D eigenvalue weighted by Crippen LogP contribution is -2.41. The van der Waals surface area contributed by atoms with Gasteiger partial charge in [-0.1, -0.05) is 30.3 Å². The quantitative estimate of drug-likeness (QED) is 0.638. The Hall–Kier alpha value is -2.58. The number of likely N-dealkylation sites (tertiary alicyclic amines) is 1. The first-order valence-corrected chi connectivity index (χ1v) is 13.0. The number of carbonyl (C=O) groups excluding carboxylic acids is 1. The Morgan fingerprint density at radius 3 is 2.38 bits per heavy atom. The Morgan fingerprint density at radius 2 is 1.66 bits per heavy atom. The van der Waals surface area contributed by atoms with Gasteiger partial charge in [-0.3, -0.25) is 14.4 Å². The van der Waals surface area contributed by atoms with Gasteiger partial charge in [0.1, 0.15) is 5.75 Å². The van der Waals surface area contributed by atoms with Crippen LogP contribution in [0.15, 0.2) is 54.6 Å². The highest BCUT2D eigenvalue weighted by Gasteiger charge is 2.26. The van der Waals surface area contributed by atoms with Gasteiger partial charge in [-0.25, -0.2) is 8.42 Å². The predicted octanol–water partition coefficient (Wildman–Crippen LogP) is 2.81. The van der Waals surface area contributed by atoms with E-state index in [0.717, 1.165) is 44.8 Å². The molecule has 1 unspecified atom stereocenters. The van der Waals surface area contributed by atoms with Crippen LogP contribution >= 0.6 is 0 Å². The Morgan fingerprint density at radius 1 is 0.938 bits per heavy atom. The van der Waals surface area contributed by atoms with Crippen LogP contribution in [0, 0.1) is 0 Å². The molecule has 0 aromatic heterocycles. The SMILES string of the molecule is O=C(CS(=O)(=O)Nc1ccc(N2CCCCC2)cc1)NC1CCN(Cc2ccccc2)C1. The van der Waals surface area contributed by atoms with Crippen LogP contribution in [-0.2, 0) is 21.4 Å². The molecule has 2 aromatic carbocycles. The summed E-state index contributed by atoms with van der Waals surface area (Å²) in [4.78, 5) is 17.0. The third-order valence-electron chi connectivity index (χ3n) is 6.07. The molecule has 0 radical (unpaired) electrons. The van der Waals surface area contributed by atoms with Gasteiger partial charge in [-0.05, 0) is 55.5 Å². The molecule has 172 valence electrons. The van der Waals surface area contributed by atoms with E-state index in [0.29, 0.717) is 5.69 Å². The van der Waals surface area contributed by atoms with Crippen molar-refractivity contribution in [3.63, 3.8) is 0 Å². The van der Waals surface area contributed by atoms with E-state index >= 15 is 0 Å². The maximum atomic E-state index is 12.5. The lowest BCUT2D eigenvalue weighted by Gasteiger charge is -2.28. The summed E-state index contributed by atoms with van der Waals surface area (Å²) >= 11 is 0. The second-order valence-electron chi connectivity index (χ2n) is 8.73. The lowest BCUT2D eigenvalue weighted by atomic mass is 10.1. The molecule has 1 amide bonds. The second-order valence-corrected chi connectivity index (χ2v) is 10.5. The zero-order chi connectivity index (χ0) is 22.4. The predicted molar refractivity (Wildman–Crippen MR) is 128 cm³/mol. The number of hydrogen-bond acceptors (Lipinski definition) is 5. The van der Waals surface area contributed by atoms with Crippen molar-refractivity contribution in [3.05, 3.63) is 60.2 Å². The summed E-state index contributed by atoms with van der Waals surface area (Å²) in [5.41, 5.74) is 2.82. The van der Waals surface area contributed by atoms with E-state index in [1.54, 1.807) is 12.1 Å². The van der Waals surface area contributed by atoms with Crippen molar-refractivity contribution in [2.75, 3.05) is 41.6 Å². The molecule has 2 heterocycles. The molecule has 0 spiro atoms. The van der Waals surface area contributed by atoms with Gasteiger partial charge < -0.3 is 10.2 Å². The van der Waals surface area contributed by atoms with Crippen LogP contribution < -0.4 is 14.9 Å². The summed E-state index contributed by atoms with van der Waals surface area (Å²) in [7, 11) is -3.76. The van der Waals surface area contributed by atoms with Gasteiger partial charge in [-0.15, -0.1) is 0 Å². The summed E-state index contributed by atoms with van der Waals surface area (Å²) in [5, 5.41) is 2.88. The van der Waals surface area contributed by atoms with Gasteiger partial charge in [0.05, 0.1) is 0 Å². The number of nitrogens with one attached hydrogen (secondary N) is 2. The van der Waals surface area contributed by atoms with Crippen LogP contribution in [0.1, 0.15) is 31.2 Å². The van der Waals surface area contributed by atoms with Crippen LogP contribution in [0.3, 0.4) is 0 Å². The molecule has 0 saturated carbocycles. The molecule has 2 N–H and O–H groups in total. The number of amides is 1. The van der Waals surface area contributed by atoms with Crippen LogP contribution in [0.4, 0.5) is 11.4 Å². The van der Waals surface area contributed by atoms with E-state index in [-0.39, 0.29) is 6.04 Å². The molecule has 2 aromatic rings. The van der Waals surface area contributed by atoms with Crippen molar-refractivity contribution < 1.29 is 13.2 Å². The normalized spacial score (nSPS) is 19.6. The Balaban J connectivity index is 1.24. The van der Waals surface area contributed by atoms with Crippen molar-refractivity contribution in [2.45, 2.75) is 38.3 Å². The fourth-order valence-corrected chi connectivity index (χ4v) is 5.48. The van der Waals surface area contributed by atoms with Crippen LogP contribution in [0.2, 0.25) is 0 Å². The van der Waals surface area contributed by atoms with Crippen molar-refractivity contribution >= 4 is 27.3 Å². The number of nitrogens with zero attached hydrogens (tertiary/aromatic N) is 2. The maximum Gasteiger partial charge on any atom is 0.241 e. The average Bonchev–Trinajstić information content (AvgIpc) is 3.21. The minimum atomic E-state index is -3.76. The summed E-state index contributed by atoms with van der Waals surface area (Å²) in [6.45, 7) is 4.52. The monoisotopic (exact) mass is 456 g/mol. The number of benzene rings is 2. The second kappa shape index (κ2) is 10.4. The number of carbonyl (C=O) groups is 1. The van der Waals surface area contributed by atoms with Crippen LogP contribution in [0.25, 0.3) is 0 Å². The first kappa shape index (κ1) is 22.6. The van der Waals surface area contributed by atoms with E-state index in [4.69, 9.17) is 0 Å². The molecule has 4 rings (SSSR count). The lowest BCUT2D eigenvalue weighted by molar-refractivity contribution is -0.119. The van der Waals surface area contributed by atoms with Gasteiger partial charge >= 0.3 is 0 Å². The Kier molecular flexibility index (Phi) is 7.32. The van der Waals surface area contributed by atoms with E-state index in [1.165, 1.54) is 24.8 Å². The molecule has 8 heteroatoms.